The summed E-state index contributed by atoms with van der Waals surface area (Å²) in [5.41, 5.74) is 1.65. The number of nitrogens with one attached hydrogen (secondary N) is 2. The molecule has 1 atom stereocenters. The van der Waals surface area contributed by atoms with Gasteiger partial charge in [-0.3, -0.25) is 0 Å². The lowest BCUT2D eigenvalue weighted by atomic mass is 9.81. The Bertz CT molecular complexity index is 347. The van der Waals surface area contributed by atoms with Crippen LogP contribution in [0.25, 0.3) is 0 Å². The fraction of sp³-hybridized carbons (Fsp3) is 0.625. The molecule has 1 fully saturated rings. The molecule has 0 radical (unpaired) electrons. The largest absolute Gasteiger partial charge is 0.317 e. The van der Waals surface area contributed by atoms with Crippen molar-refractivity contribution in [3.63, 3.8) is 0 Å². The van der Waals surface area contributed by atoms with Crippen LogP contribution in [0.15, 0.2) is 30.3 Å². The van der Waals surface area contributed by atoms with Crippen molar-refractivity contribution in [2.24, 2.45) is 5.41 Å². The molecule has 1 aliphatic rings. The summed E-state index contributed by atoms with van der Waals surface area (Å²) in [6.45, 7) is 9.24. The molecule has 1 aromatic rings. The van der Waals surface area contributed by atoms with Crippen LogP contribution in [0.1, 0.15) is 45.2 Å². The van der Waals surface area contributed by atoms with E-state index in [0.29, 0.717) is 12.1 Å². The zero-order valence-corrected chi connectivity index (χ0v) is 11.9. The first-order valence-electron chi connectivity index (χ1n) is 7.09. The fourth-order valence-corrected chi connectivity index (χ4v) is 2.72. The highest BCUT2D eigenvalue weighted by Crippen LogP contribution is 2.33. The van der Waals surface area contributed by atoms with Gasteiger partial charge < -0.3 is 10.6 Å². The number of hydrogen-bond acceptors (Lipinski definition) is 2. The second-order valence-corrected chi connectivity index (χ2v) is 6.40. The first-order chi connectivity index (χ1) is 8.57. The standard InChI is InChI=1S/C16H26N2/c1-16(2,3)15(13-7-5-4-6-8-13)18-14-9-11-17-12-10-14/h4-8,14-15,17-18H,9-12H2,1-3H3. The van der Waals surface area contributed by atoms with E-state index in [0.717, 1.165) is 13.1 Å². The van der Waals surface area contributed by atoms with E-state index in [1.807, 2.05) is 0 Å². The molecule has 0 spiro atoms. The van der Waals surface area contributed by atoms with Gasteiger partial charge in [0.1, 0.15) is 0 Å². The Hall–Kier alpha value is -0.860. The van der Waals surface area contributed by atoms with Crippen molar-refractivity contribution in [1.82, 2.24) is 10.6 Å². The van der Waals surface area contributed by atoms with E-state index >= 15 is 0 Å². The van der Waals surface area contributed by atoms with Crippen LogP contribution in [-0.4, -0.2) is 19.1 Å². The summed E-state index contributed by atoms with van der Waals surface area (Å²) < 4.78 is 0. The molecule has 2 rings (SSSR count). The van der Waals surface area contributed by atoms with E-state index in [-0.39, 0.29) is 5.41 Å². The van der Waals surface area contributed by atoms with Gasteiger partial charge in [-0.05, 0) is 36.9 Å². The summed E-state index contributed by atoms with van der Waals surface area (Å²) in [6, 6.07) is 11.9. The highest BCUT2D eigenvalue weighted by molar-refractivity contribution is 5.21. The highest BCUT2D eigenvalue weighted by atomic mass is 15.0. The Kier molecular flexibility index (Phi) is 4.41. The highest BCUT2D eigenvalue weighted by Gasteiger charge is 2.28. The quantitative estimate of drug-likeness (QED) is 0.856. The predicted octanol–water partition coefficient (Wildman–Crippen LogP) is 3.12. The van der Waals surface area contributed by atoms with Gasteiger partial charge in [-0.25, -0.2) is 0 Å². The van der Waals surface area contributed by atoms with Gasteiger partial charge in [0.2, 0.25) is 0 Å². The van der Waals surface area contributed by atoms with Gasteiger partial charge in [-0.15, -0.1) is 0 Å². The lowest BCUT2D eigenvalue weighted by Gasteiger charge is -2.37. The van der Waals surface area contributed by atoms with Crippen LogP contribution in [0.4, 0.5) is 0 Å². The summed E-state index contributed by atoms with van der Waals surface area (Å²) in [7, 11) is 0. The molecule has 100 valence electrons. The molecule has 2 heteroatoms. The lowest BCUT2D eigenvalue weighted by molar-refractivity contribution is 0.230. The molecule has 0 amide bonds. The fourth-order valence-electron chi connectivity index (χ4n) is 2.72. The number of piperidine rings is 1. The maximum atomic E-state index is 3.87. The molecule has 0 aromatic heterocycles. The molecule has 0 bridgehead atoms. The molecule has 1 aliphatic heterocycles. The molecule has 2 N–H and O–H groups in total. The van der Waals surface area contributed by atoms with Crippen molar-refractivity contribution < 1.29 is 0 Å². The first kappa shape index (κ1) is 13.6. The van der Waals surface area contributed by atoms with Gasteiger partial charge in [0, 0.05) is 12.1 Å². The third-order valence-electron chi connectivity index (χ3n) is 3.74. The van der Waals surface area contributed by atoms with Gasteiger partial charge >= 0.3 is 0 Å². The molecular weight excluding hydrogens is 220 g/mol. The SMILES string of the molecule is CC(C)(C)C(NC1CCNCC1)c1ccccc1. The average molecular weight is 246 g/mol. The van der Waals surface area contributed by atoms with Gasteiger partial charge in [-0.2, -0.15) is 0 Å². The Morgan fingerprint density at radius 3 is 2.28 bits per heavy atom. The average Bonchev–Trinajstić information content (AvgIpc) is 2.37. The van der Waals surface area contributed by atoms with E-state index in [2.05, 4.69) is 61.7 Å². The number of rotatable bonds is 3. The van der Waals surface area contributed by atoms with Crippen LogP contribution in [-0.2, 0) is 0 Å². The van der Waals surface area contributed by atoms with E-state index in [1.165, 1.54) is 18.4 Å². The van der Waals surface area contributed by atoms with Crippen LogP contribution in [0, 0.1) is 5.41 Å². The van der Waals surface area contributed by atoms with Crippen LogP contribution >= 0.6 is 0 Å². The van der Waals surface area contributed by atoms with Crippen molar-refractivity contribution in [2.45, 2.75) is 45.7 Å². The monoisotopic (exact) mass is 246 g/mol. The van der Waals surface area contributed by atoms with Crippen molar-refractivity contribution in [1.29, 1.82) is 0 Å². The number of hydrogen-bond donors (Lipinski definition) is 2. The molecule has 0 saturated carbocycles. The minimum atomic E-state index is 0.242. The Balaban J connectivity index is 2.11. The Morgan fingerprint density at radius 1 is 1.11 bits per heavy atom. The van der Waals surface area contributed by atoms with E-state index in [4.69, 9.17) is 0 Å². The predicted molar refractivity (Wildman–Crippen MR) is 77.7 cm³/mol. The second-order valence-electron chi connectivity index (χ2n) is 6.40. The molecular formula is C16H26N2. The summed E-state index contributed by atoms with van der Waals surface area (Å²) in [5.74, 6) is 0. The normalized spacial score (nSPS) is 19.7. The molecule has 1 heterocycles. The minimum Gasteiger partial charge on any atom is -0.317 e. The van der Waals surface area contributed by atoms with Gasteiger partial charge in [0.15, 0.2) is 0 Å². The zero-order valence-electron chi connectivity index (χ0n) is 11.9. The Labute approximate surface area is 111 Å². The van der Waals surface area contributed by atoms with Crippen molar-refractivity contribution >= 4 is 0 Å². The topological polar surface area (TPSA) is 24.1 Å². The maximum absolute atomic E-state index is 3.87. The number of benzene rings is 1. The van der Waals surface area contributed by atoms with E-state index in [1.54, 1.807) is 0 Å². The van der Waals surface area contributed by atoms with Crippen LogP contribution in [0.3, 0.4) is 0 Å². The molecule has 1 saturated heterocycles. The lowest BCUT2D eigenvalue weighted by Crippen LogP contribution is -2.44. The van der Waals surface area contributed by atoms with Crippen molar-refractivity contribution in [3.8, 4) is 0 Å². The molecule has 1 aromatic carbocycles. The first-order valence-corrected chi connectivity index (χ1v) is 7.09. The van der Waals surface area contributed by atoms with E-state index < -0.39 is 0 Å². The van der Waals surface area contributed by atoms with Crippen molar-refractivity contribution in [2.75, 3.05) is 13.1 Å². The van der Waals surface area contributed by atoms with Gasteiger partial charge in [0.25, 0.3) is 0 Å². The zero-order chi connectivity index (χ0) is 13.0. The van der Waals surface area contributed by atoms with Crippen LogP contribution in [0.5, 0.6) is 0 Å². The molecule has 18 heavy (non-hydrogen) atoms. The molecule has 0 aliphatic carbocycles. The van der Waals surface area contributed by atoms with Gasteiger partial charge in [-0.1, -0.05) is 51.1 Å². The second kappa shape index (κ2) is 5.85. The Morgan fingerprint density at radius 2 is 1.72 bits per heavy atom. The summed E-state index contributed by atoms with van der Waals surface area (Å²) in [5, 5.41) is 7.30. The maximum Gasteiger partial charge on any atom is 0.0371 e. The summed E-state index contributed by atoms with van der Waals surface area (Å²) in [4.78, 5) is 0. The summed E-state index contributed by atoms with van der Waals surface area (Å²) in [6.07, 6.45) is 2.47. The minimum absolute atomic E-state index is 0.242. The molecule has 2 nitrogen and oxygen atoms in total. The van der Waals surface area contributed by atoms with Gasteiger partial charge in [0.05, 0.1) is 0 Å². The third kappa shape index (κ3) is 3.56. The smallest absolute Gasteiger partial charge is 0.0371 e. The van der Waals surface area contributed by atoms with Crippen LogP contribution < -0.4 is 10.6 Å². The molecule has 1 unspecified atom stereocenters. The van der Waals surface area contributed by atoms with E-state index in [9.17, 15) is 0 Å². The third-order valence-corrected chi connectivity index (χ3v) is 3.74. The van der Waals surface area contributed by atoms with Crippen LogP contribution in [0.2, 0.25) is 0 Å². The summed E-state index contributed by atoms with van der Waals surface area (Å²) >= 11 is 0. The van der Waals surface area contributed by atoms with Crippen molar-refractivity contribution in [3.05, 3.63) is 35.9 Å².